The number of piperazine rings is 1. The molecule has 0 radical (unpaired) electrons. The molecule has 8 nitrogen and oxygen atoms in total. The van der Waals surface area contributed by atoms with E-state index in [1.807, 2.05) is 16.7 Å². The van der Waals surface area contributed by atoms with Gasteiger partial charge in [-0.1, -0.05) is 18.2 Å². The molecule has 3 aromatic heterocycles. The summed E-state index contributed by atoms with van der Waals surface area (Å²) in [4.78, 5) is 32.5. The first-order chi connectivity index (χ1) is 13.6. The Balaban J connectivity index is 1.92. The highest BCUT2D eigenvalue weighted by Gasteiger charge is 2.25. The Morgan fingerprint density at radius 1 is 1.07 bits per heavy atom. The van der Waals surface area contributed by atoms with Gasteiger partial charge in [0.2, 0.25) is 5.95 Å². The summed E-state index contributed by atoms with van der Waals surface area (Å²) >= 11 is 1.64. The molecule has 1 aliphatic rings. The molecule has 144 valence electrons. The van der Waals surface area contributed by atoms with E-state index >= 15 is 0 Å². The first-order valence-corrected chi connectivity index (χ1v) is 10.1. The molecule has 9 heteroatoms. The fraction of sp³-hybridized carbons (Fsp3) is 0.316. The average molecular weight is 396 g/mol. The van der Waals surface area contributed by atoms with E-state index < -0.39 is 0 Å². The summed E-state index contributed by atoms with van der Waals surface area (Å²) < 4.78 is 5.68. The first kappa shape index (κ1) is 17.2. The number of hydrogen-bond donors (Lipinski definition) is 1. The normalized spacial score (nSPS) is 15.0. The molecule has 0 saturated carbocycles. The topological polar surface area (TPSA) is 77.1 Å². The number of aryl methyl sites for hydroxylation is 1. The minimum Gasteiger partial charge on any atom is -0.339 e. The van der Waals surface area contributed by atoms with Crippen LogP contribution in [0.3, 0.4) is 0 Å². The minimum atomic E-state index is -0.371. The van der Waals surface area contributed by atoms with Crippen molar-refractivity contribution in [2.45, 2.75) is 0 Å². The maximum absolute atomic E-state index is 13.1. The van der Waals surface area contributed by atoms with Crippen LogP contribution in [0.5, 0.6) is 0 Å². The number of benzene rings is 1. The Labute approximate surface area is 164 Å². The SMILES string of the molecule is Cn1c(=O)c2c(nc(N3CCNCC3)n2-c2csc3ccccc23)n(C)c1=O. The Morgan fingerprint density at radius 2 is 1.82 bits per heavy atom. The van der Waals surface area contributed by atoms with Gasteiger partial charge in [-0.05, 0) is 6.07 Å². The van der Waals surface area contributed by atoms with Crippen LogP contribution in [0, 0.1) is 0 Å². The van der Waals surface area contributed by atoms with Gasteiger partial charge in [0.15, 0.2) is 11.2 Å². The fourth-order valence-electron chi connectivity index (χ4n) is 3.83. The van der Waals surface area contributed by atoms with Gasteiger partial charge in [0.25, 0.3) is 5.56 Å². The standard InChI is InChI=1S/C19H20N6O2S/c1-22-16-15(17(26)23(2)19(22)27)25(18(21-16)24-9-7-20-8-10-24)13-11-28-14-6-4-3-5-12(13)14/h3-6,11,20H,7-10H2,1-2H3. The molecule has 4 heterocycles. The van der Waals surface area contributed by atoms with Gasteiger partial charge in [-0.25, -0.2) is 4.79 Å². The van der Waals surface area contributed by atoms with Crippen LogP contribution in [0.1, 0.15) is 0 Å². The van der Waals surface area contributed by atoms with Crippen LogP contribution in [-0.2, 0) is 14.1 Å². The zero-order valence-corrected chi connectivity index (χ0v) is 16.5. The van der Waals surface area contributed by atoms with Gasteiger partial charge in [-0.2, -0.15) is 4.98 Å². The van der Waals surface area contributed by atoms with Crippen LogP contribution in [0.25, 0.3) is 26.9 Å². The van der Waals surface area contributed by atoms with Crippen LogP contribution in [0.4, 0.5) is 5.95 Å². The second-order valence-corrected chi connectivity index (χ2v) is 7.89. The van der Waals surface area contributed by atoms with Crippen LogP contribution in [0.15, 0.2) is 39.2 Å². The average Bonchev–Trinajstić information content (AvgIpc) is 3.33. The molecule has 0 amide bonds. The number of imidazole rings is 1. The summed E-state index contributed by atoms with van der Waals surface area (Å²) in [5, 5.41) is 6.47. The lowest BCUT2D eigenvalue weighted by Gasteiger charge is -2.28. The second-order valence-electron chi connectivity index (χ2n) is 6.98. The predicted molar refractivity (Wildman–Crippen MR) is 112 cm³/mol. The number of anilines is 1. The molecule has 1 saturated heterocycles. The van der Waals surface area contributed by atoms with E-state index in [2.05, 4.69) is 27.7 Å². The molecule has 0 atom stereocenters. The van der Waals surface area contributed by atoms with Crippen molar-refractivity contribution < 1.29 is 0 Å². The van der Waals surface area contributed by atoms with Gasteiger partial charge in [0, 0.05) is 55.7 Å². The van der Waals surface area contributed by atoms with E-state index in [0.29, 0.717) is 17.1 Å². The molecule has 1 aromatic carbocycles. The smallest absolute Gasteiger partial charge is 0.332 e. The number of nitrogens with one attached hydrogen (secondary N) is 1. The Bertz CT molecular complexity index is 1320. The lowest BCUT2D eigenvalue weighted by Crippen LogP contribution is -2.44. The number of hydrogen-bond acceptors (Lipinski definition) is 6. The fourth-order valence-corrected chi connectivity index (χ4v) is 4.75. The van der Waals surface area contributed by atoms with Gasteiger partial charge in [0.1, 0.15) is 0 Å². The van der Waals surface area contributed by atoms with Gasteiger partial charge in [-0.15, -0.1) is 11.3 Å². The van der Waals surface area contributed by atoms with Crippen LogP contribution >= 0.6 is 11.3 Å². The molecule has 0 bridgehead atoms. The van der Waals surface area contributed by atoms with Crippen molar-refractivity contribution in [2.24, 2.45) is 14.1 Å². The summed E-state index contributed by atoms with van der Waals surface area (Å²) in [6.07, 6.45) is 0. The molecule has 5 rings (SSSR count). The zero-order valence-electron chi connectivity index (χ0n) is 15.7. The van der Waals surface area contributed by atoms with E-state index in [9.17, 15) is 9.59 Å². The third kappa shape index (κ3) is 2.36. The molecular formula is C19H20N6O2S. The highest BCUT2D eigenvalue weighted by atomic mass is 32.1. The number of nitrogens with zero attached hydrogens (tertiary/aromatic N) is 5. The zero-order chi connectivity index (χ0) is 19.4. The highest BCUT2D eigenvalue weighted by Crippen LogP contribution is 2.33. The molecule has 1 fully saturated rings. The molecule has 1 aliphatic heterocycles. The number of rotatable bonds is 2. The van der Waals surface area contributed by atoms with E-state index in [4.69, 9.17) is 4.98 Å². The molecule has 28 heavy (non-hydrogen) atoms. The van der Waals surface area contributed by atoms with Crippen LogP contribution in [-0.4, -0.2) is 44.9 Å². The largest absolute Gasteiger partial charge is 0.339 e. The van der Waals surface area contributed by atoms with Crippen LogP contribution < -0.4 is 21.5 Å². The van der Waals surface area contributed by atoms with Crippen molar-refractivity contribution in [2.75, 3.05) is 31.1 Å². The number of aromatic nitrogens is 4. The molecule has 0 spiro atoms. The van der Waals surface area contributed by atoms with Crippen molar-refractivity contribution >= 4 is 38.5 Å². The van der Waals surface area contributed by atoms with Gasteiger partial charge >= 0.3 is 5.69 Å². The summed E-state index contributed by atoms with van der Waals surface area (Å²) in [5.41, 5.74) is 1.07. The molecule has 1 N–H and O–H groups in total. The Kier molecular flexibility index (Phi) is 3.88. The van der Waals surface area contributed by atoms with Crippen molar-refractivity contribution in [3.05, 3.63) is 50.5 Å². The molecule has 4 aromatic rings. The summed E-state index contributed by atoms with van der Waals surface area (Å²) in [5.74, 6) is 0.707. The van der Waals surface area contributed by atoms with Crippen molar-refractivity contribution in [3.63, 3.8) is 0 Å². The number of thiophene rings is 1. The lowest BCUT2D eigenvalue weighted by atomic mass is 10.2. The summed E-state index contributed by atoms with van der Waals surface area (Å²) in [6.45, 7) is 3.29. The van der Waals surface area contributed by atoms with Gasteiger partial charge in [0.05, 0.1) is 5.69 Å². The minimum absolute atomic E-state index is 0.331. The second kappa shape index (κ2) is 6.32. The van der Waals surface area contributed by atoms with Crippen molar-refractivity contribution in [1.29, 1.82) is 0 Å². The summed E-state index contributed by atoms with van der Waals surface area (Å²) in [7, 11) is 3.17. The lowest BCUT2D eigenvalue weighted by molar-refractivity contribution is 0.578. The Hall–Kier alpha value is -2.91. The van der Waals surface area contributed by atoms with E-state index in [-0.39, 0.29) is 11.2 Å². The molecule has 0 aliphatic carbocycles. The summed E-state index contributed by atoms with van der Waals surface area (Å²) in [6, 6.07) is 8.13. The predicted octanol–water partition coefficient (Wildman–Crippen LogP) is 1.05. The Morgan fingerprint density at radius 3 is 2.61 bits per heavy atom. The third-order valence-electron chi connectivity index (χ3n) is 5.34. The van der Waals surface area contributed by atoms with E-state index in [1.54, 1.807) is 18.4 Å². The molecule has 0 unspecified atom stereocenters. The maximum atomic E-state index is 13.1. The van der Waals surface area contributed by atoms with Crippen LogP contribution in [0.2, 0.25) is 0 Å². The first-order valence-electron chi connectivity index (χ1n) is 9.18. The quantitative estimate of drug-likeness (QED) is 0.548. The van der Waals surface area contributed by atoms with E-state index in [1.165, 1.54) is 11.6 Å². The maximum Gasteiger partial charge on any atom is 0.332 e. The van der Waals surface area contributed by atoms with Gasteiger partial charge < -0.3 is 10.2 Å². The van der Waals surface area contributed by atoms with Crippen molar-refractivity contribution in [1.82, 2.24) is 24.0 Å². The third-order valence-corrected chi connectivity index (χ3v) is 6.29. The van der Waals surface area contributed by atoms with Crippen molar-refractivity contribution in [3.8, 4) is 5.69 Å². The van der Waals surface area contributed by atoms with Gasteiger partial charge in [-0.3, -0.25) is 18.5 Å². The van der Waals surface area contributed by atoms with E-state index in [0.717, 1.165) is 46.5 Å². The monoisotopic (exact) mass is 396 g/mol. The highest BCUT2D eigenvalue weighted by molar-refractivity contribution is 7.17. The molecular weight excluding hydrogens is 376 g/mol. The number of fused-ring (bicyclic) bond motifs is 2.